The smallest absolute Gasteiger partial charge is 0.309 e. The van der Waals surface area contributed by atoms with Gasteiger partial charge in [-0.2, -0.15) is 0 Å². The van der Waals surface area contributed by atoms with Gasteiger partial charge < -0.3 is 19.7 Å². The van der Waals surface area contributed by atoms with Gasteiger partial charge in [-0.15, -0.1) is 11.3 Å². The van der Waals surface area contributed by atoms with Gasteiger partial charge in [0.15, 0.2) is 0 Å². The maximum absolute atomic E-state index is 13.2. The number of hydrogen-bond donors (Lipinski definition) is 2. The summed E-state index contributed by atoms with van der Waals surface area (Å²) in [4.78, 5) is 30.5. The Morgan fingerprint density at radius 3 is 2.56 bits per heavy atom. The molecule has 0 radical (unpaired) electrons. The summed E-state index contributed by atoms with van der Waals surface area (Å²) in [6, 6.07) is 0. The topological polar surface area (TPSA) is 109 Å². The molecule has 0 spiro atoms. The minimum absolute atomic E-state index is 0.00770. The largest absolute Gasteiger partial charge is 0.458 e. The van der Waals surface area contributed by atoms with Gasteiger partial charge >= 0.3 is 5.97 Å². The molecule has 7 nitrogen and oxygen atoms in total. The first kappa shape index (κ1) is 27.0. The van der Waals surface area contributed by atoms with Crippen molar-refractivity contribution in [3.8, 4) is 0 Å². The Kier molecular flexibility index (Phi) is 8.71. The lowest BCUT2D eigenvalue weighted by Gasteiger charge is -2.34. The molecule has 2 fully saturated rings. The average Bonchev–Trinajstić information content (AvgIpc) is 3.38. The molecule has 7 atom stereocenters. The van der Waals surface area contributed by atoms with E-state index in [1.165, 1.54) is 0 Å². The number of hydrogen-bond acceptors (Lipinski definition) is 8. The predicted molar refractivity (Wildman–Crippen MR) is 131 cm³/mol. The summed E-state index contributed by atoms with van der Waals surface area (Å²) in [7, 11) is 0. The number of epoxide rings is 1. The van der Waals surface area contributed by atoms with E-state index in [-0.39, 0.29) is 30.3 Å². The predicted octanol–water partition coefficient (Wildman–Crippen LogP) is 4.09. The van der Waals surface area contributed by atoms with Crippen molar-refractivity contribution in [2.45, 2.75) is 104 Å². The number of aliphatic hydroxyl groups excluding tert-OH is 2. The van der Waals surface area contributed by atoms with Crippen LogP contribution in [0.3, 0.4) is 0 Å². The van der Waals surface area contributed by atoms with Crippen LogP contribution in [0.2, 0.25) is 0 Å². The van der Waals surface area contributed by atoms with Gasteiger partial charge in [-0.1, -0.05) is 34.1 Å². The monoisotopic (exact) mass is 493 g/mol. The van der Waals surface area contributed by atoms with Gasteiger partial charge in [-0.05, 0) is 44.3 Å². The van der Waals surface area contributed by atoms with E-state index in [1.807, 2.05) is 32.2 Å². The van der Waals surface area contributed by atoms with Crippen LogP contribution in [0, 0.1) is 24.2 Å². The number of carbonyl (C=O) groups excluding carboxylic acids is 2. The molecule has 0 aliphatic carbocycles. The zero-order valence-electron chi connectivity index (χ0n) is 21.1. The molecule has 8 heteroatoms. The Morgan fingerprint density at radius 1 is 1.21 bits per heavy atom. The van der Waals surface area contributed by atoms with Gasteiger partial charge in [0.2, 0.25) is 0 Å². The summed E-state index contributed by atoms with van der Waals surface area (Å²) in [5, 5.41) is 24.5. The van der Waals surface area contributed by atoms with Crippen LogP contribution in [0.1, 0.15) is 77.4 Å². The third kappa shape index (κ3) is 6.53. The van der Waals surface area contributed by atoms with Crippen molar-refractivity contribution in [3.05, 3.63) is 21.7 Å². The first-order valence-electron chi connectivity index (χ1n) is 12.3. The Hall–Kier alpha value is -1.61. The molecule has 0 aromatic carbocycles. The number of thiazole rings is 1. The second-order valence-electron chi connectivity index (χ2n) is 10.6. The molecule has 0 amide bonds. The minimum atomic E-state index is -1.22. The van der Waals surface area contributed by atoms with Crippen molar-refractivity contribution in [3.63, 3.8) is 0 Å². The number of nitrogens with zero attached hydrogens (tertiary/aromatic N) is 1. The normalized spacial score (nSPS) is 36.0. The van der Waals surface area contributed by atoms with E-state index < -0.39 is 35.6 Å². The molecular weight excluding hydrogens is 454 g/mol. The number of Topliss-reactive ketones (excluding diaryl/α,β-unsaturated/α-hetero) is 1. The van der Waals surface area contributed by atoms with Crippen LogP contribution in [-0.4, -0.2) is 57.5 Å². The number of ketones is 1. The molecule has 0 bridgehead atoms. The third-order valence-electron chi connectivity index (χ3n) is 7.41. The highest BCUT2D eigenvalue weighted by Gasteiger charge is 2.44. The first-order chi connectivity index (χ1) is 15.9. The van der Waals surface area contributed by atoms with Gasteiger partial charge in [-0.25, -0.2) is 4.98 Å². The summed E-state index contributed by atoms with van der Waals surface area (Å²) in [5.41, 5.74) is 0.494. The molecule has 2 aliphatic rings. The number of fused-ring (bicyclic) bond motifs is 1. The summed E-state index contributed by atoms with van der Waals surface area (Å²) in [6.45, 7) is 10.8. The molecule has 1 aromatic heterocycles. The molecule has 0 saturated carbocycles. The fraction of sp³-hybridized carbons (Fsp3) is 0.731. The van der Waals surface area contributed by atoms with Crippen molar-refractivity contribution < 1.29 is 29.3 Å². The minimum Gasteiger partial charge on any atom is -0.458 e. The quantitative estimate of drug-likeness (QED) is 0.472. The van der Waals surface area contributed by atoms with Gasteiger partial charge in [0.1, 0.15) is 11.9 Å². The highest BCUT2D eigenvalue weighted by atomic mass is 32.1. The van der Waals surface area contributed by atoms with Crippen molar-refractivity contribution in [1.29, 1.82) is 0 Å². The first-order valence-corrected chi connectivity index (χ1v) is 13.1. The number of ether oxygens (including phenoxy) is 2. The molecule has 1 aromatic rings. The second-order valence-corrected chi connectivity index (χ2v) is 11.7. The van der Waals surface area contributed by atoms with Crippen molar-refractivity contribution >= 4 is 29.2 Å². The zero-order valence-corrected chi connectivity index (χ0v) is 21.9. The van der Waals surface area contributed by atoms with Crippen LogP contribution >= 0.6 is 11.3 Å². The van der Waals surface area contributed by atoms with E-state index in [2.05, 4.69) is 4.98 Å². The van der Waals surface area contributed by atoms with Gasteiger partial charge in [0.25, 0.3) is 0 Å². The van der Waals surface area contributed by atoms with Crippen LogP contribution in [0.5, 0.6) is 0 Å². The summed E-state index contributed by atoms with van der Waals surface area (Å²) < 4.78 is 11.7. The maximum atomic E-state index is 13.2. The Bertz CT molecular complexity index is 909. The number of aromatic nitrogens is 1. The van der Waals surface area contributed by atoms with Crippen LogP contribution in [0.4, 0.5) is 0 Å². The second kappa shape index (κ2) is 11.0. The summed E-state index contributed by atoms with van der Waals surface area (Å²) in [6.07, 6.45) is 2.28. The van der Waals surface area contributed by atoms with E-state index in [0.717, 1.165) is 35.5 Å². The Balaban J connectivity index is 1.81. The van der Waals surface area contributed by atoms with E-state index in [9.17, 15) is 19.8 Å². The number of esters is 1. The van der Waals surface area contributed by atoms with Crippen LogP contribution in [-0.2, 0) is 19.1 Å². The van der Waals surface area contributed by atoms with Crippen LogP contribution < -0.4 is 0 Å². The van der Waals surface area contributed by atoms with E-state index in [1.54, 1.807) is 32.1 Å². The van der Waals surface area contributed by atoms with Crippen molar-refractivity contribution in [1.82, 2.24) is 4.98 Å². The Morgan fingerprint density at radius 2 is 1.91 bits per heavy atom. The zero-order chi connectivity index (χ0) is 25.2. The number of aryl methyl sites for hydroxylation is 1. The highest BCUT2D eigenvalue weighted by molar-refractivity contribution is 7.09. The number of cyclic esters (lactones) is 1. The van der Waals surface area contributed by atoms with E-state index in [0.29, 0.717) is 6.42 Å². The summed E-state index contributed by atoms with van der Waals surface area (Å²) in [5.74, 6) is -1.52. The fourth-order valence-electron chi connectivity index (χ4n) is 4.78. The van der Waals surface area contributed by atoms with Crippen molar-refractivity contribution in [2.24, 2.45) is 17.3 Å². The lowest BCUT2D eigenvalue weighted by Crippen LogP contribution is -2.45. The molecule has 190 valence electrons. The van der Waals surface area contributed by atoms with E-state index in [4.69, 9.17) is 9.47 Å². The average molecular weight is 494 g/mol. The van der Waals surface area contributed by atoms with Crippen LogP contribution in [0.15, 0.2) is 11.0 Å². The molecule has 3 heterocycles. The molecule has 3 rings (SSSR count). The lowest BCUT2D eigenvalue weighted by atomic mass is 9.73. The molecular formula is C26H39NO6S. The fourth-order valence-corrected chi connectivity index (χ4v) is 5.35. The van der Waals surface area contributed by atoms with Gasteiger partial charge in [0, 0.05) is 17.7 Å². The number of aliphatic hydroxyl groups is 2. The van der Waals surface area contributed by atoms with Crippen molar-refractivity contribution in [2.75, 3.05) is 0 Å². The Labute approximate surface area is 206 Å². The third-order valence-corrected chi connectivity index (χ3v) is 8.20. The molecule has 0 unspecified atom stereocenters. The molecule has 2 N–H and O–H groups in total. The lowest BCUT2D eigenvalue weighted by molar-refractivity contribution is -0.154. The van der Waals surface area contributed by atoms with Gasteiger partial charge in [-0.3, -0.25) is 9.59 Å². The molecule has 2 aliphatic heterocycles. The molecule has 34 heavy (non-hydrogen) atoms. The maximum Gasteiger partial charge on any atom is 0.309 e. The molecule has 2 saturated heterocycles. The van der Waals surface area contributed by atoms with E-state index >= 15 is 0 Å². The number of carbonyl (C=O) groups is 2. The van der Waals surface area contributed by atoms with Gasteiger partial charge in [0.05, 0.1) is 47.0 Å². The van der Waals surface area contributed by atoms with Crippen LogP contribution in [0.25, 0.3) is 6.08 Å². The SMILES string of the molecule is C/C(=C/c1csc(C)n1)[C@@H]1C[C@@H]2O[C@@H]2CCC[C@H](C)[C@H](O)[C@@H](C)C(=O)C(C)(C)[C@@H](O)CC(=O)O1. The highest BCUT2D eigenvalue weighted by Crippen LogP contribution is 2.36. The number of rotatable bonds is 2. The standard InChI is InChI=1S/C26H39NO6S/c1-14-8-7-9-19-21(32-19)11-20(15(2)10-18-13-34-17(4)27-18)33-23(29)12-22(28)26(5,6)25(31)16(3)24(14)30/h10,13-14,16,19-22,24,28,30H,7-9,11-12H2,1-6H3/b15-10-/t14-,16+,19+,20-,21-,22-,24-/m0/s1. The summed E-state index contributed by atoms with van der Waals surface area (Å²) >= 11 is 1.56.